The van der Waals surface area contributed by atoms with Crippen molar-refractivity contribution in [1.29, 1.82) is 0 Å². The van der Waals surface area contributed by atoms with Crippen molar-refractivity contribution in [2.45, 2.75) is 52.5 Å². The minimum absolute atomic E-state index is 0.129. The molecule has 0 aliphatic carbocycles. The molecule has 104 valence electrons. The summed E-state index contributed by atoms with van der Waals surface area (Å²) in [6, 6.07) is 0.0476. The molecule has 5 nitrogen and oxygen atoms in total. The van der Waals surface area contributed by atoms with Gasteiger partial charge in [0, 0.05) is 19.1 Å². The highest BCUT2D eigenvalue weighted by Gasteiger charge is 2.39. The number of hydrogen-bond acceptors (Lipinski definition) is 2. The molecule has 1 saturated heterocycles. The van der Waals surface area contributed by atoms with Crippen LogP contribution in [0.4, 0.5) is 4.79 Å². The zero-order valence-corrected chi connectivity index (χ0v) is 11.5. The Morgan fingerprint density at radius 2 is 2.00 bits per heavy atom. The third-order valence-corrected chi connectivity index (χ3v) is 3.81. The Bertz CT molecular complexity index is 315. The molecule has 1 aliphatic heterocycles. The number of nitrogens with zero attached hydrogens (tertiary/aromatic N) is 1. The summed E-state index contributed by atoms with van der Waals surface area (Å²) in [4.78, 5) is 24.9. The monoisotopic (exact) mass is 256 g/mol. The summed E-state index contributed by atoms with van der Waals surface area (Å²) in [5.41, 5.74) is -0.802. The second-order valence-electron chi connectivity index (χ2n) is 5.35. The summed E-state index contributed by atoms with van der Waals surface area (Å²) in [6.45, 7) is 6.73. The van der Waals surface area contributed by atoms with Crippen LogP contribution in [-0.2, 0) is 4.79 Å². The van der Waals surface area contributed by atoms with Gasteiger partial charge in [0.25, 0.3) is 0 Å². The first-order valence-electron chi connectivity index (χ1n) is 6.71. The van der Waals surface area contributed by atoms with Gasteiger partial charge in [-0.05, 0) is 32.6 Å². The Morgan fingerprint density at radius 3 is 2.50 bits per heavy atom. The standard InChI is InChI=1S/C13H24N2O3/c1-4-10(5-2)14-12(18)15-8-6-7-13(3,9-15)11(16)17/h10H,4-9H2,1-3H3,(H,14,18)(H,16,17). The molecule has 1 aliphatic rings. The minimum atomic E-state index is -0.817. The van der Waals surface area contributed by atoms with Crippen LogP contribution in [0.25, 0.3) is 0 Å². The lowest BCUT2D eigenvalue weighted by Crippen LogP contribution is -2.53. The SMILES string of the molecule is CCC(CC)NC(=O)N1CCCC(C)(C(=O)O)C1. The number of rotatable bonds is 4. The van der Waals surface area contributed by atoms with Crippen molar-refractivity contribution in [3.05, 3.63) is 0 Å². The Balaban J connectivity index is 2.61. The number of carbonyl (C=O) groups is 2. The van der Waals surface area contributed by atoms with Crippen molar-refractivity contribution in [1.82, 2.24) is 10.2 Å². The van der Waals surface area contributed by atoms with Gasteiger partial charge in [-0.2, -0.15) is 0 Å². The van der Waals surface area contributed by atoms with Crippen LogP contribution < -0.4 is 5.32 Å². The third kappa shape index (κ3) is 3.37. The number of carbonyl (C=O) groups excluding carboxylic acids is 1. The van der Waals surface area contributed by atoms with Crippen LogP contribution in [0, 0.1) is 5.41 Å². The van der Waals surface area contributed by atoms with Gasteiger partial charge >= 0.3 is 12.0 Å². The highest BCUT2D eigenvalue weighted by molar-refractivity contribution is 5.78. The molecule has 2 amide bonds. The minimum Gasteiger partial charge on any atom is -0.481 e. The summed E-state index contributed by atoms with van der Waals surface area (Å²) in [7, 11) is 0. The van der Waals surface area contributed by atoms with Crippen LogP contribution in [0.1, 0.15) is 46.5 Å². The zero-order chi connectivity index (χ0) is 13.8. The quantitative estimate of drug-likeness (QED) is 0.809. The number of carboxylic acids is 1. The fourth-order valence-corrected chi connectivity index (χ4v) is 2.35. The molecule has 1 fully saturated rings. The lowest BCUT2D eigenvalue weighted by molar-refractivity contribution is -0.150. The van der Waals surface area contributed by atoms with E-state index in [2.05, 4.69) is 5.32 Å². The van der Waals surface area contributed by atoms with E-state index in [1.165, 1.54) is 0 Å². The predicted molar refractivity (Wildman–Crippen MR) is 69.5 cm³/mol. The summed E-state index contributed by atoms with van der Waals surface area (Å²) < 4.78 is 0. The number of urea groups is 1. The Hall–Kier alpha value is -1.26. The molecular formula is C13H24N2O3. The van der Waals surface area contributed by atoms with Gasteiger partial charge in [-0.15, -0.1) is 0 Å². The number of aliphatic carboxylic acids is 1. The molecular weight excluding hydrogens is 232 g/mol. The predicted octanol–water partition coefficient (Wildman–Crippen LogP) is 2.07. The van der Waals surface area contributed by atoms with E-state index in [4.69, 9.17) is 0 Å². The maximum atomic E-state index is 12.1. The number of carboxylic acid groups (broad SMARTS) is 1. The fourth-order valence-electron chi connectivity index (χ4n) is 2.35. The van der Waals surface area contributed by atoms with Crippen LogP contribution in [0.5, 0.6) is 0 Å². The summed E-state index contributed by atoms with van der Waals surface area (Å²) >= 11 is 0. The van der Waals surface area contributed by atoms with Gasteiger partial charge < -0.3 is 15.3 Å². The number of piperidine rings is 1. The molecule has 18 heavy (non-hydrogen) atoms. The van der Waals surface area contributed by atoms with Gasteiger partial charge in [0.05, 0.1) is 5.41 Å². The average molecular weight is 256 g/mol. The highest BCUT2D eigenvalue weighted by Crippen LogP contribution is 2.29. The van der Waals surface area contributed by atoms with E-state index in [1.807, 2.05) is 13.8 Å². The molecule has 1 atom stereocenters. The van der Waals surface area contributed by atoms with Crippen molar-refractivity contribution in [2.24, 2.45) is 5.41 Å². The van der Waals surface area contributed by atoms with Crippen molar-refractivity contribution < 1.29 is 14.7 Å². The van der Waals surface area contributed by atoms with Crippen LogP contribution in [0.3, 0.4) is 0 Å². The van der Waals surface area contributed by atoms with Crippen LogP contribution >= 0.6 is 0 Å². The second-order valence-corrected chi connectivity index (χ2v) is 5.35. The Morgan fingerprint density at radius 1 is 1.39 bits per heavy atom. The maximum absolute atomic E-state index is 12.1. The second kappa shape index (κ2) is 6.07. The summed E-state index contributed by atoms with van der Waals surface area (Å²) in [6.07, 6.45) is 3.18. The number of hydrogen-bond donors (Lipinski definition) is 2. The zero-order valence-electron chi connectivity index (χ0n) is 11.5. The fraction of sp³-hybridized carbons (Fsp3) is 0.846. The first-order valence-corrected chi connectivity index (χ1v) is 6.71. The van der Waals surface area contributed by atoms with Crippen LogP contribution in [0.2, 0.25) is 0 Å². The maximum Gasteiger partial charge on any atom is 0.317 e. The Kier molecular flexibility index (Phi) is 4.99. The van der Waals surface area contributed by atoms with E-state index in [0.717, 1.165) is 19.3 Å². The first-order chi connectivity index (χ1) is 8.42. The summed E-state index contributed by atoms with van der Waals surface area (Å²) in [5.74, 6) is -0.817. The molecule has 0 spiro atoms. The first kappa shape index (κ1) is 14.8. The molecule has 0 saturated carbocycles. The van der Waals surface area contributed by atoms with E-state index < -0.39 is 11.4 Å². The molecule has 1 unspecified atom stereocenters. The van der Waals surface area contributed by atoms with Gasteiger partial charge in [-0.3, -0.25) is 4.79 Å². The van der Waals surface area contributed by atoms with Crippen molar-refractivity contribution >= 4 is 12.0 Å². The molecule has 0 aromatic heterocycles. The van der Waals surface area contributed by atoms with Crippen LogP contribution in [0.15, 0.2) is 0 Å². The Labute approximate surface area is 109 Å². The van der Waals surface area contributed by atoms with E-state index in [9.17, 15) is 14.7 Å². The largest absolute Gasteiger partial charge is 0.481 e. The molecule has 0 aromatic rings. The van der Waals surface area contributed by atoms with Gasteiger partial charge in [0.1, 0.15) is 0 Å². The number of nitrogens with one attached hydrogen (secondary N) is 1. The van der Waals surface area contributed by atoms with Crippen molar-refractivity contribution in [3.8, 4) is 0 Å². The molecule has 5 heteroatoms. The molecule has 0 aromatic carbocycles. The number of likely N-dealkylation sites (tertiary alicyclic amines) is 1. The van der Waals surface area contributed by atoms with Gasteiger partial charge in [0.15, 0.2) is 0 Å². The smallest absolute Gasteiger partial charge is 0.317 e. The van der Waals surface area contributed by atoms with Gasteiger partial charge in [-0.1, -0.05) is 13.8 Å². The van der Waals surface area contributed by atoms with Gasteiger partial charge in [-0.25, -0.2) is 4.79 Å². The average Bonchev–Trinajstić information content (AvgIpc) is 2.35. The van der Waals surface area contributed by atoms with E-state index in [0.29, 0.717) is 19.5 Å². The topological polar surface area (TPSA) is 69.6 Å². The third-order valence-electron chi connectivity index (χ3n) is 3.81. The number of amides is 2. The van der Waals surface area contributed by atoms with E-state index >= 15 is 0 Å². The molecule has 1 rings (SSSR count). The van der Waals surface area contributed by atoms with Crippen molar-refractivity contribution in [3.63, 3.8) is 0 Å². The van der Waals surface area contributed by atoms with Crippen molar-refractivity contribution in [2.75, 3.05) is 13.1 Å². The molecule has 2 N–H and O–H groups in total. The lowest BCUT2D eigenvalue weighted by Gasteiger charge is -2.38. The van der Waals surface area contributed by atoms with Gasteiger partial charge in [0.2, 0.25) is 0 Å². The van der Waals surface area contributed by atoms with E-state index in [-0.39, 0.29) is 12.1 Å². The molecule has 0 bridgehead atoms. The van der Waals surface area contributed by atoms with E-state index in [1.54, 1.807) is 11.8 Å². The molecule has 1 heterocycles. The summed E-state index contributed by atoms with van der Waals surface area (Å²) in [5, 5.41) is 12.2. The highest BCUT2D eigenvalue weighted by atomic mass is 16.4. The van der Waals surface area contributed by atoms with Crippen LogP contribution in [-0.4, -0.2) is 41.1 Å². The lowest BCUT2D eigenvalue weighted by atomic mass is 9.82. The normalized spacial score (nSPS) is 24.1. The molecule has 0 radical (unpaired) electrons.